The Morgan fingerprint density at radius 2 is 1.87 bits per heavy atom. The lowest BCUT2D eigenvalue weighted by Gasteiger charge is -2.36. The Bertz CT molecular complexity index is 1390. The van der Waals surface area contributed by atoms with Gasteiger partial charge in [0, 0.05) is 23.9 Å². The van der Waals surface area contributed by atoms with Gasteiger partial charge in [0.05, 0.1) is 23.8 Å². The van der Waals surface area contributed by atoms with Gasteiger partial charge in [-0.05, 0) is 57.9 Å². The van der Waals surface area contributed by atoms with E-state index in [2.05, 4.69) is 27.2 Å². The van der Waals surface area contributed by atoms with Crippen LogP contribution < -0.4 is 5.32 Å². The molecule has 3 aromatic rings. The highest BCUT2D eigenvalue weighted by atomic mass is 35.5. The number of alkyl halides is 1. The van der Waals surface area contributed by atoms with Crippen LogP contribution in [0.25, 0.3) is 0 Å². The first-order chi connectivity index (χ1) is 18.0. The van der Waals surface area contributed by atoms with Gasteiger partial charge in [-0.3, -0.25) is 9.48 Å². The Morgan fingerprint density at radius 3 is 2.53 bits per heavy atom. The molecule has 1 aromatic carbocycles. The van der Waals surface area contributed by atoms with Gasteiger partial charge in [0.2, 0.25) is 0 Å². The zero-order valence-corrected chi connectivity index (χ0v) is 22.4. The first-order valence-electron chi connectivity index (χ1n) is 12.2. The van der Waals surface area contributed by atoms with Gasteiger partial charge >= 0.3 is 6.09 Å². The molecule has 0 spiro atoms. The van der Waals surface area contributed by atoms with Crippen molar-refractivity contribution in [2.75, 3.05) is 18.4 Å². The SMILES string of the molecule is Cc1cc(C#Cc2ccccc2)cnc1NC(=O)c1c(Cl)cnn1[C@@H]1CCN(C(=O)OC(C)(C)C)C[C@H]1F. The minimum absolute atomic E-state index is 0.0270. The molecule has 198 valence electrons. The van der Waals surface area contributed by atoms with Crippen LogP contribution in [0.2, 0.25) is 5.02 Å². The fourth-order valence-corrected chi connectivity index (χ4v) is 4.29. The van der Waals surface area contributed by atoms with Gasteiger partial charge in [-0.1, -0.05) is 41.6 Å². The van der Waals surface area contributed by atoms with Gasteiger partial charge in [0.15, 0.2) is 0 Å². The summed E-state index contributed by atoms with van der Waals surface area (Å²) in [4.78, 5) is 31.3. The summed E-state index contributed by atoms with van der Waals surface area (Å²) >= 11 is 6.30. The Kier molecular flexibility index (Phi) is 8.02. The number of ether oxygens (including phenoxy) is 1. The maximum absolute atomic E-state index is 15.3. The van der Waals surface area contributed by atoms with Gasteiger partial charge in [-0.2, -0.15) is 5.10 Å². The second-order valence-electron chi connectivity index (χ2n) is 10.0. The van der Waals surface area contributed by atoms with Crippen LogP contribution in [0.15, 0.2) is 48.8 Å². The van der Waals surface area contributed by atoms with E-state index < -0.39 is 29.8 Å². The van der Waals surface area contributed by atoms with E-state index in [1.807, 2.05) is 36.4 Å². The third kappa shape index (κ3) is 6.50. The van der Waals surface area contributed by atoms with Crippen molar-refractivity contribution >= 4 is 29.4 Å². The average Bonchev–Trinajstić information content (AvgIpc) is 3.24. The quantitative estimate of drug-likeness (QED) is 0.451. The molecule has 1 N–H and O–H groups in total. The smallest absolute Gasteiger partial charge is 0.410 e. The average molecular weight is 538 g/mol. The van der Waals surface area contributed by atoms with E-state index in [0.717, 1.165) is 5.56 Å². The number of carbonyl (C=O) groups excluding carboxylic acids is 2. The second-order valence-corrected chi connectivity index (χ2v) is 10.5. The number of aryl methyl sites for hydroxylation is 1. The lowest BCUT2D eigenvalue weighted by molar-refractivity contribution is 0.00551. The normalized spacial score (nSPS) is 17.4. The topological polar surface area (TPSA) is 89.4 Å². The summed E-state index contributed by atoms with van der Waals surface area (Å²) in [6, 6.07) is 10.6. The predicted octanol–water partition coefficient (Wildman–Crippen LogP) is 5.41. The molecule has 2 amide bonds. The molecular weight excluding hydrogens is 509 g/mol. The maximum Gasteiger partial charge on any atom is 0.410 e. The van der Waals surface area contributed by atoms with E-state index in [-0.39, 0.29) is 30.2 Å². The summed E-state index contributed by atoms with van der Waals surface area (Å²) in [5.41, 5.74) is 1.63. The number of anilines is 1. The number of pyridine rings is 1. The van der Waals surface area contributed by atoms with E-state index >= 15 is 4.39 Å². The van der Waals surface area contributed by atoms with Crippen molar-refractivity contribution in [1.29, 1.82) is 0 Å². The molecule has 1 aliphatic rings. The summed E-state index contributed by atoms with van der Waals surface area (Å²) < 4.78 is 21.9. The minimum atomic E-state index is -1.47. The number of aromatic nitrogens is 3. The number of rotatable bonds is 3. The fourth-order valence-electron chi connectivity index (χ4n) is 4.07. The van der Waals surface area contributed by atoms with E-state index in [0.29, 0.717) is 16.9 Å². The highest BCUT2D eigenvalue weighted by Crippen LogP contribution is 2.30. The predicted molar refractivity (Wildman–Crippen MR) is 143 cm³/mol. The van der Waals surface area contributed by atoms with Crippen LogP contribution in [-0.4, -0.2) is 56.5 Å². The molecule has 0 bridgehead atoms. The van der Waals surface area contributed by atoms with E-state index in [4.69, 9.17) is 16.3 Å². The van der Waals surface area contributed by atoms with Crippen LogP contribution >= 0.6 is 11.6 Å². The lowest BCUT2D eigenvalue weighted by atomic mass is 10.0. The molecule has 1 fully saturated rings. The molecule has 8 nitrogen and oxygen atoms in total. The zero-order chi connectivity index (χ0) is 27.4. The fraction of sp³-hybridized carbons (Fsp3) is 0.357. The van der Waals surface area contributed by atoms with Gasteiger partial charge in [-0.25, -0.2) is 14.2 Å². The molecule has 2 atom stereocenters. The van der Waals surface area contributed by atoms with Crippen molar-refractivity contribution in [2.24, 2.45) is 0 Å². The molecule has 0 unspecified atom stereocenters. The molecule has 1 aliphatic heterocycles. The highest BCUT2D eigenvalue weighted by molar-refractivity contribution is 6.34. The maximum atomic E-state index is 15.3. The Morgan fingerprint density at radius 1 is 1.16 bits per heavy atom. The molecule has 0 aliphatic carbocycles. The van der Waals surface area contributed by atoms with Crippen LogP contribution in [-0.2, 0) is 4.74 Å². The van der Waals surface area contributed by atoms with Gasteiger partial charge in [0.1, 0.15) is 23.3 Å². The first kappa shape index (κ1) is 27.1. The zero-order valence-electron chi connectivity index (χ0n) is 21.7. The molecule has 3 heterocycles. The number of hydrogen-bond donors (Lipinski definition) is 1. The summed E-state index contributed by atoms with van der Waals surface area (Å²) in [6.45, 7) is 7.14. The first-order valence-corrected chi connectivity index (χ1v) is 12.6. The number of nitrogens with one attached hydrogen (secondary N) is 1. The van der Waals surface area contributed by atoms with Crippen LogP contribution in [0.5, 0.6) is 0 Å². The number of carbonyl (C=O) groups is 2. The third-order valence-electron chi connectivity index (χ3n) is 5.87. The Hall–Kier alpha value is -3.90. The van der Waals surface area contributed by atoms with Crippen molar-refractivity contribution in [3.05, 3.63) is 76.2 Å². The van der Waals surface area contributed by atoms with E-state index in [1.165, 1.54) is 15.8 Å². The van der Waals surface area contributed by atoms with Crippen LogP contribution in [0.4, 0.5) is 15.0 Å². The number of likely N-dealkylation sites (tertiary alicyclic amines) is 1. The summed E-state index contributed by atoms with van der Waals surface area (Å²) in [6.07, 6.45) is 1.08. The Balaban J connectivity index is 1.47. The number of halogens is 2. The van der Waals surface area contributed by atoms with Crippen molar-refractivity contribution in [2.45, 2.75) is 51.9 Å². The summed E-state index contributed by atoms with van der Waals surface area (Å²) in [7, 11) is 0. The highest BCUT2D eigenvalue weighted by Gasteiger charge is 2.37. The molecule has 0 saturated carbocycles. The van der Waals surface area contributed by atoms with Gasteiger partial charge < -0.3 is 15.0 Å². The monoisotopic (exact) mass is 537 g/mol. The molecule has 0 radical (unpaired) electrons. The summed E-state index contributed by atoms with van der Waals surface area (Å²) in [5, 5.41) is 7.02. The number of nitrogens with zero attached hydrogens (tertiary/aromatic N) is 4. The lowest BCUT2D eigenvalue weighted by Crippen LogP contribution is -2.47. The van der Waals surface area contributed by atoms with Crippen LogP contribution in [0.3, 0.4) is 0 Å². The van der Waals surface area contributed by atoms with E-state index in [1.54, 1.807) is 33.9 Å². The number of piperidine rings is 1. The van der Waals surface area contributed by atoms with Crippen molar-refractivity contribution < 1.29 is 18.7 Å². The van der Waals surface area contributed by atoms with Gasteiger partial charge in [-0.15, -0.1) is 0 Å². The second kappa shape index (κ2) is 11.2. The molecule has 10 heteroatoms. The van der Waals surface area contributed by atoms with Crippen LogP contribution in [0, 0.1) is 18.8 Å². The molecular formula is C28H29ClFN5O3. The van der Waals surface area contributed by atoms with Crippen molar-refractivity contribution in [1.82, 2.24) is 19.7 Å². The number of amides is 2. The van der Waals surface area contributed by atoms with Crippen LogP contribution in [0.1, 0.15) is 60.4 Å². The van der Waals surface area contributed by atoms with Crippen molar-refractivity contribution in [3.8, 4) is 11.8 Å². The van der Waals surface area contributed by atoms with E-state index in [9.17, 15) is 9.59 Å². The molecule has 4 rings (SSSR count). The molecule has 38 heavy (non-hydrogen) atoms. The van der Waals surface area contributed by atoms with Gasteiger partial charge in [0.25, 0.3) is 5.91 Å². The summed E-state index contributed by atoms with van der Waals surface area (Å²) in [5.74, 6) is 5.91. The van der Waals surface area contributed by atoms with Crippen molar-refractivity contribution in [3.63, 3.8) is 0 Å². The standard InChI is InChI=1S/C28H29ClFN5O3/c1-18-14-20(11-10-19-8-6-5-7-9-19)15-31-25(18)33-26(36)24-21(29)16-32-35(24)23-12-13-34(17-22(23)30)27(37)38-28(2,3)4/h5-9,14-16,22-23H,12-13,17H2,1-4H3,(H,31,33,36)/t22-,23-/m1/s1. The Labute approximate surface area is 226 Å². The largest absolute Gasteiger partial charge is 0.444 e. The minimum Gasteiger partial charge on any atom is -0.444 e. The number of hydrogen-bond acceptors (Lipinski definition) is 5. The molecule has 2 aromatic heterocycles. The third-order valence-corrected chi connectivity index (χ3v) is 6.15. The number of benzene rings is 1. The molecule has 1 saturated heterocycles.